The van der Waals surface area contributed by atoms with Gasteiger partial charge in [-0.25, -0.2) is 4.98 Å². The fourth-order valence-electron chi connectivity index (χ4n) is 2.73. The molecule has 2 aromatic carbocycles. The Hall–Kier alpha value is -2.49. The van der Waals surface area contributed by atoms with E-state index < -0.39 is 0 Å². The molecular formula is C16H15N3O. The Morgan fingerprint density at radius 2 is 2.05 bits per heavy atom. The molecule has 0 saturated carbocycles. The molecular weight excluding hydrogens is 250 g/mol. The molecule has 0 bridgehead atoms. The number of anilines is 1. The minimum atomic E-state index is 0.688. The van der Waals surface area contributed by atoms with Crippen LogP contribution in [-0.2, 0) is 7.05 Å². The molecule has 0 atom stereocenters. The van der Waals surface area contributed by atoms with Crippen molar-refractivity contribution in [2.75, 3.05) is 18.5 Å². The maximum atomic E-state index is 5.84. The van der Waals surface area contributed by atoms with Gasteiger partial charge in [0.05, 0.1) is 22.3 Å². The Kier molecular flexibility index (Phi) is 2.42. The first-order chi connectivity index (χ1) is 9.84. The van der Waals surface area contributed by atoms with Crippen molar-refractivity contribution in [2.45, 2.75) is 0 Å². The number of benzene rings is 2. The van der Waals surface area contributed by atoms with Gasteiger partial charge in [-0.3, -0.25) is 0 Å². The number of ether oxygens (including phenoxy) is 1. The van der Waals surface area contributed by atoms with Crippen LogP contribution in [-0.4, -0.2) is 22.7 Å². The Balaban J connectivity index is 1.98. The first-order valence-electron chi connectivity index (χ1n) is 6.76. The van der Waals surface area contributed by atoms with Crippen LogP contribution in [0.3, 0.4) is 0 Å². The summed E-state index contributed by atoms with van der Waals surface area (Å²) in [5.41, 5.74) is 4.21. The summed E-state index contributed by atoms with van der Waals surface area (Å²) >= 11 is 0. The van der Waals surface area contributed by atoms with E-state index in [-0.39, 0.29) is 0 Å². The lowest BCUT2D eigenvalue weighted by Gasteiger charge is -2.21. The lowest BCUT2D eigenvalue weighted by atomic mass is 10.1. The van der Waals surface area contributed by atoms with Crippen molar-refractivity contribution >= 4 is 16.7 Å². The molecule has 0 spiro atoms. The first-order valence-corrected chi connectivity index (χ1v) is 6.76. The SMILES string of the molecule is Cn1c(-c2cccc3c2OCCN3)nc2ccccc21. The topological polar surface area (TPSA) is 39.1 Å². The average molecular weight is 265 g/mol. The largest absolute Gasteiger partial charge is 0.489 e. The highest BCUT2D eigenvalue weighted by atomic mass is 16.5. The van der Waals surface area contributed by atoms with Crippen LogP contribution in [0.25, 0.3) is 22.4 Å². The Morgan fingerprint density at radius 1 is 1.15 bits per heavy atom. The van der Waals surface area contributed by atoms with E-state index in [9.17, 15) is 0 Å². The molecule has 1 aliphatic rings. The minimum Gasteiger partial charge on any atom is -0.489 e. The summed E-state index contributed by atoms with van der Waals surface area (Å²) in [5.74, 6) is 1.84. The van der Waals surface area contributed by atoms with E-state index in [0.29, 0.717) is 6.61 Å². The smallest absolute Gasteiger partial charge is 0.153 e. The molecule has 1 aliphatic heterocycles. The monoisotopic (exact) mass is 265 g/mol. The van der Waals surface area contributed by atoms with Gasteiger partial charge in [-0.05, 0) is 24.3 Å². The normalized spacial score (nSPS) is 13.7. The summed E-state index contributed by atoms with van der Waals surface area (Å²) in [6.07, 6.45) is 0. The van der Waals surface area contributed by atoms with Gasteiger partial charge in [-0.15, -0.1) is 0 Å². The van der Waals surface area contributed by atoms with Gasteiger partial charge >= 0.3 is 0 Å². The number of hydrogen-bond acceptors (Lipinski definition) is 3. The number of hydrogen-bond donors (Lipinski definition) is 1. The number of fused-ring (bicyclic) bond motifs is 2. The highest BCUT2D eigenvalue weighted by molar-refractivity contribution is 5.84. The van der Waals surface area contributed by atoms with E-state index in [1.165, 1.54) is 0 Å². The van der Waals surface area contributed by atoms with Crippen molar-refractivity contribution in [2.24, 2.45) is 7.05 Å². The van der Waals surface area contributed by atoms with Gasteiger partial charge in [0.25, 0.3) is 0 Å². The third kappa shape index (κ3) is 1.58. The van der Waals surface area contributed by atoms with Crippen molar-refractivity contribution in [3.8, 4) is 17.1 Å². The van der Waals surface area contributed by atoms with Crippen LogP contribution in [0.1, 0.15) is 0 Å². The summed E-state index contributed by atoms with van der Waals surface area (Å²) in [5, 5.41) is 3.36. The van der Waals surface area contributed by atoms with Crippen LogP contribution in [0.4, 0.5) is 5.69 Å². The lowest BCUT2D eigenvalue weighted by Crippen LogP contribution is -2.18. The predicted molar refractivity (Wildman–Crippen MR) is 80.1 cm³/mol. The molecule has 0 fully saturated rings. The second-order valence-electron chi connectivity index (χ2n) is 4.94. The number of imidazole rings is 1. The minimum absolute atomic E-state index is 0.688. The summed E-state index contributed by atoms with van der Waals surface area (Å²) < 4.78 is 7.96. The second kappa shape index (κ2) is 4.27. The zero-order valence-electron chi connectivity index (χ0n) is 11.3. The van der Waals surface area contributed by atoms with Gasteiger partial charge in [0.1, 0.15) is 12.4 Å². The van der Waals surface area contributed by atoms with Crippen LogP contribution in [0.2, 0.25) is 0 Å². The molecule has 0 aliphatic carbocycles. The summed E-state index contributed by atoms with van der Waals surface area (Å²) in [6.45, 7) is 1.53. The molecule has 20 heavy (non-hydrogen) atoms. The van der Waals surface area contributed by atoms with Gasteiger partial charge in [0.15, 0.2) is 5.75 Å². The van der Waals surface area contributed by atoms with E-state index in [1.54, 1.807) is 0 Å². The van der Waals surface area contributed by atoms with Crippen LogP contribution >= 0.6 is 0 Å². The highest BCUT2D eigenvalue weighted by Gasteiger charge is 2.19. The molecule has 2 heterocycles. The van der Waals surface area contributed by atoms with E-state index in [2.05, 4.69) is 22.0 Å². The number of aromatic nitrogens is 2. The second-order valence-corrected chi connectivity index (χ2v) is 4.94. The molecule has 4 heteroatoms. The third-order valence-electron chi connectivity index (χ3n) is 3.71. The third-order valence-corrected chi connectivity index (χ3v) is 3.71. The Labute approximate surface area is 117 Å². The van der Waals surface area contributed by atoms with Crippen molar-refractivity contribution in [3.05, 3.63) is 42.5 Å². The summed E-state index contributed by atoms with van der Waals surface area (Å²) in [7, 11) is 2.04. The molecule has 0 amide bonds. The van der Waals surface area contributed by atoms with Crippen molar-refractivity contribution in [3.63, 3.8) is 0 Å². The Bertz CT molecular complexity index is 792. The average Bonchev–Trinajstić information content (AvgIpc) is 2.84. The quantitative estimate of drug-likeness (QED) is 0.735. The number of para-hydroxylation sites is 3. The lowest BCUT2D eigenvalue weighted by molar-refractivity contribution is 0.324. The molecule has 4 nitrogen and oxygen atoms in total. The zero-order chi connectivity index (χ0) is 13.5. The highest BCUT2D eigenvalue weighted by Crippen LogP contribution is 2.38. The summed E-state index contributed by atoms with van der Waals surface area (Å²) in [6, 6.07) is 14.3. The van der Waals surface area contributed by atoms with Crippen LogP contribution < -0.4 is 10.1 Å². The molecule has 0 radical (unpaired) electrons. The van der Waals surface area contributed by atoms with Crippen LogP contribution in [0.5, 0.6) is 5.75 Å². The maximum Gasteiger partial charge on any atom is 0.153 e. The predicted octanol–water partition coefficient (Wildman–Crippen LogP) is 3.04. The summed E-state index contributed by atoms with van der Waals surface area (Å²) in [4.78, 5) is 4.75. The van der Waals surface area contributed by atoms with E-state index in [1.807, 2.05) is 37.4 Å². The van der Waals surface area contributed by atoms with Crippen LogP contribution in [0, 0.1) is 0 Å². The maximum absolute atomic E-state index is 5.84. The molecule has 0 saturated heterocycles. The number of nitrogens with zero attached hydrogens (tertiary/aromatic N) is 2. The molecule has 100 valence electrons. The van der Waals surface area contributed by atoms with Gasteiger partial charge < -0.3 is 14.6 Å². The first kappa shape index (κ1) is 11.3. The fourth-order valence-corrected chi connectivity index (χ4v) is 2.73. The number of aryl methyl sites for hydroxylation is 1. The standard InChI is InChI=1S/C16H15N3O/c1-19-14-8-3-2-6-12(14)18-16(19)11-5-4-7-13-15(11)20-10-9-17-13/h2-8,17H,9-10H2,1H3. The van der Waals surface area contributed by atoms with Crippen LogP contribution in [0.15, 0.2) is 42.5 Å². The van der Waals surface area contributed by atoms with E-state index >= 15 is 0 Å². The fraction of sp³-hybridized carbons (Fsp3) is 0.188. The molecule has 1 aromatic heterocycles. The number of nitrogens with one attached hydrogen (secondary N) is 1. The Morgan fingerprint density at radius 3 is 2.95 bits per heavy atom. The van der Waals surface area contributed by atoms with Crippen molar-refractivity contribution < 1.29 is 4.74 Å². The van der Waals surface area contributed by atoms with Gasteiger partial charge in [-0.1, -0.05) is 18.2 Å². The van der Waals surface area contributed by atoms with Gasteiger partial charge in [0.2, 0.25) is 0 Å². The molecule has 1 N–H and O–H groups in total. The van der Waals surface area contributed by atoms with Crippen molar-refractivity contribution in [1.82, 2.24) is 9.55 Å². The van der Waals surface area contributed by atoms with E-state index in [0.717, 1.165) is 40.4 Å². The van der Waals surface area contributed by atoms with Gasteiger partial charge in [-0.2, -0.15) is 0 Å². The molecule has 0 unspecified atom stereocenters. The van der Waals surface area contributed by atoms with Gasteiger partial charge in [0, 0.05) is 13.6 Å². The van der Waals surface area contributed by atoms with Crippen molar-refractivity contribution in [1.29, 1.82) is 0 Å². The molecule has 4 rings (SSSR count). The molecule has 3 aromatic rings. The number of rotatable bonds is 1. The van der Waals surface area contributed by atoms with E-state index in [4.69, 9.17) is 9.72 Å². The zero-order valence-corrected chi connectivity index (χ0v) is 11.3.